The summed E-state index contributed by atoms with van der Waals surface area (Å²) in [5.41, 5.74) is 2.48. The lowest BCUT2D eigenvalue weighted by Gasteiger charge is -2.38. The minimum absolute atomic E-state index is 0.0939. The number of halogens is 1. The van der Waals surface area contributed by atoms with Gasteiger partial charge in [-0.2, -0.15) is 0 Å². The molecule has 2 aliphatic rings. The molecular weight excluding hydrogens is 381 g/mol. The third-order valence-electron chi connectivity index (χ3n) is 6.09. The molecule has 0 radical (unpaired) electrons. The maximum atomic E-state index is 13.6. The zero-order valence-electron chi connectivity index (χ0n) is 16.7. The minimum Gasteiger partial charge on any atom is -0.493 e. The van der Waals surface area contributed by atoms with Crippen LogP contribution in [0.4, 0.5) is 4.39 Å². The van der Waals surface area contributed by atoms with Crippen molar-refractivity contribution in [2.45, 2.75) is 37.6 Å². The van der Waals surface area contributed by atoms with Crippen LogP contribution in [-0.2, 0) is 4.79 Å². The molecule has 1 N–H and O–H groups in total. The van der Waals surface area contributed by atoms with E-state index in [1.54, 1.807) is 12.3 Å². The van der Waals surface area contributed by atoms with Crippen LogP contribution < -0.4 is 4.74 Å². The second-order valence-electron chi connectivity index (χ2n) is 7.96. The molecule has 154 valence electrons. The van der Waals surface area contributed by atoms with Gasteiger partial charge in [0.05, 0.1) is 30.5 Å². The summed E-state index contributed by atoms with van der Waals surface area (Å²) in [6.07, 6.45) is 5.32. The molecule has 5 rings (SSSR count). The van der Waals surface area contributed by atoms with Crippen LogP contribution in [0.5, 0.6) is 5.75 Å². The van der Waals surface area contributed by atoms with E-state index in [4.69, 9.17) is 4.74 Å². The number of piperidine rings is 1. The fourth-order valence-corrected chi connectivity index (χ4v) is 4.59. The van der Waals surface area contributed by atoms with E-state index >= 15 is 0 Å². The van der Waals surface area contributed by atoms with Crippen molar-refractivity contribution in [3.05, 3.63) is 71.9 Å². The molecule has 0 aliphatic carbocycles. The summed E-state index contributed by atoms with van der Waals surface area (Å²) in [4.78, 5) is 23.5. The van der Waals surface area contributed by atoms with Gasteiger partial charge in [-0.1, -0.05) is 30.3 Å². The van der Waals surface area contributed by atoms with E-state index in [2.05, 4.69) is 9.97 Å². The smallest absolute Gasteiger partial charge is 0.231 e. The zero-order valence-corrected chi connectivity index (χ0v) is 16.7. The highest BCUT2D eigenvalue weighted by Gasteiger charge is 2.36. The van der Waals surface area contributed by atoms with Crippen LogP contribution in [0.15, 0.2) is 54.7 Å². The van der Waals surface area contributed by atoms with Crippen LogP contribution >= 0.6 is 0 Å². The van der Waals surface area contributed by atoms with E-state index < -0.39 is 0 Å². The molecule has 2 atom stereocenters. The number of aromatic amines is 1. The number of likely N-dealkylation sites (tertiary alicyclic amines) is 1. The number of rotatable bonds is 3. The van der Waals surface area contributed by atoms with Gasteiger partial charge in [0.25, 0.3) is 0 Å². The van der Waals surface area contributed by atoms with E-state index in [0.29, 0.717) is 13.0 Å². The molecule has 0 saturated carbocycles. The lowest BCUT2D eigenvalue weighted by atomic mass is 9.90. The number of para-hydroxylation sites is 1. The zero-order chi connectivity index (χ0) is 20.5. The average Bonchev–Trinajstić information content (AvgIpc) is 3.28. The molecule has 5 nitrogen and oxygen atoms in total. The second kappa shape index (κ2) is 7.94. The lowest BCUT2D eigenvalue weighted by Crippen LogP contribution is -2.42. The summed E-state index contributed by atoms with van der Waals surface area (Å²) in [7, 11) is 0. The first-order valence-electron chi connectivity index (χ1n) is 10.5. The Kier molecular flexibility index (Phi) is 4.99. The number of carbonyl (C=O) groups is 1. The quantitative estimate of drug-likeness (QED) is 0.679. The van der Waals surface area contributed by atoms with Crippen LogP contribution in [0.3, 0.4) is 0 Å². The monoisotopic (exact) mass is 405 g/mol. The van der Waals surface area contributed by atoms with Crippen molar-refractivity contribution < 1.29 is 13.9 Å². The Hall–Kier alpha value is -3.15. The van der Waals surface area contributed by atoms with Gasteiger partial charge < -0.3 is 14.6 Å². The molecule has 1 aromatic heterocycles. The number of amides is 1. The van der Waals surface area contributed by atoms with E-state index in [9.17, 15) is 9.18 Å². The maximum absolute atomic E-state index is 13.6. The van der Waals surface area contributed by atoms with Gasteiger partial charge >= 0.3 is 0 Å². The molecule has 2 aliphatic heterocycles. The van der Waals surface area contributed by atoms with Crippen molar-refractivity contribution in [1.29, 1.82) is 0 Å². The minimum atomic E-state index is -0.281. The predicted octanol–water partition coefficient (Wildman–Crippen LogP) is 4.84. The summed E-state index contributed by atoms with van der Waals surface area (Å²) in [5.74, 6) is 1.24. The van der Waals surface area contributed by atoms with Gasteiger partial charge in [-0.25, -0.2) is 9.37 Å². The van der Waals surface area contributed by atoms with E-state index in [-0.39, 0.29) is 23.7 Å². The Morgan fingerprint density at radius 2 is 2.03 bits per heavy atom. The van der Waals surface area contributed by atoms with Gasteiger partial charge in [0.1, 0.15) is 17.4 Å². The summed E-state index contributed by atoms with van der Waals surface area (Å²) in [5, 5.41) is 0. The summed E-state index contributed by atoms with van der Waals surface area (Å²) in [6.45, 7) is 1.27. The van der Waals surface area contributed by atoms with Crippen molar-refractivity contribution >= 4 is 5.91 Å². The summed E-state index contributed by atoms with van der Waals surface area (Å²) < 4.78 is 19.4. The standard InChI is InChI=1S/C24H24FN3O2/c25-17-7-5-6-16(14-17)20-15-26-23(27-20)21-9-3-4-12-28(21)24(29)19-11-13-30-22-10-2-1-8-18(19)22/h1-2,5-8,10,14-15,19,21H,3-4,9,11-13H2,(H,26,27). The van der Waals surface area contributed by atoms with E-state index in [1.165, 1.54) is 12.1 Å². The predicted molar refractivity (Wildman–Crippen MR) is 112 cm³/mol. The molecule has 30 heavy (non-hydrogen) atoms. The lowest BCUT2D eigenvalue weighted by molar-refractivity contribution is -0.137. The van der Waals surface area contributed by atoms with Crippen LogP contribution in [0.25, 0.3) is 11.3 Å². The first kappa shape index (κ1) is 18.9. The van der Waals surface area contributed by atoms with Gasteiger partial charge in [0.15, 0.2) is 0 Å². The largest absolute Gasteiger partial charge is 0.493 e. The van der Waals surface area contributed by atoms with Gasteiger partial charge in [-0.05, 0) is 43.9 Å². The first-order chi connectivity index (χ1) is 14.7. The van der Waals surface area contributed by atoms with Gasteiger partial charge in [-0.3, -0.25) is 4.79 Å². The van der Waals surface area contributed by atoms with Crippen molar-refractivity contribution in [3.8, 4) is 17.0 Å². The fourth-order valence-electron chi connectivity index (χ4n) is 4.59. The Bertz CT molecular complexity index is 1060. The molecule has 1 saturated heterocycles. The number of ether oxygens (including phenoxy) is 1. The van der Waals surface area contributed by atoms with Crippen LogP contribution in [0.2, 0.25) is 0 Å². The maximum Gasteiger partial charge on any atom is 0.231 e. The van der Waals surface area contributed by atoms with Crippen LogP contribution in [0.1, 0.15) is 49.0 Å². The molecule has 3 aromatic rings. The second-order valence-corrected chi connectivity index (χ2v) is 7.96. The number of benzene rings is 2. The van der Waals surface area contributed by atoms with E-state index in [0.717, 1.165) is 54.2 Å². The number of hydrogen-bond acceptors (Lipinski definition) is 3. The number of carbonyl (C=O) groups excluding carboxylic acids is 1. The molecule has 1 amide bonds. The van der Waals surface area contributed by atoms with Crippen LogP contribution in [-0.4, -0.2) is 33.9 Å². The topological polar surface area (TPSA) is 58.2 Å². The Balaban J connectivity index is 1.43. The third kappa shape index (κ3) is 3.47. The number of nitrogens with zero attached hydrogens (tertiary/aromatic N) is 2. The Labute approximate surface area is 174 Å². The van der Waals surface area contributed by atoms with Crippen molar-refractivity contribution in [1.82, 2.24) is 14.9 Å². The average molecular weight is 405 g/mol. The van der Waals surface area contributed by atoms with Gasteiger partial charge in [0.2, 0.25) is 5.91 Å². The van der Waals surface area contributed by atoms with Crippen molar-refractivity contribution in [2.75, 3.05) is 13.2 Å². The summed E-state index contributed by atoms with van der Waals surface area (Å²) in [6, 6.07) is 14.2. The SMILES string of the molecule is O=C(C1CCOc2ccccc21)N1CCCCC1c1ncc(-c2cccc(F)c2)[nH]1. The summed E-state index contributed by atoms with van der Waals surface area (Å²) >= 11 is 0. The number of imidazole rings is 1. The van der Waals surface area contributed by atoms with Crippen molar-refractivity contribution in [3.63, 3.8) is 0 Å². The normalized spacial score (nSPS) is 21.0. The molecule has 6 heteroatoms. The number of H-pyrrole nitrogens is 1. The molecule has 0 bridgehead atoms. The number of fused-ring (bicyclic) bond motifs is 1. The third-order valence-corrected chi connectivity index (χ3v) is 6.09. The molecular formula is C24H24FN3O2. The molecule has 2 unspecified atom stereocenters. The molecule has 3 heterocycles. The van der Waals surface area contributed by atoms with E-state index in [1.807, 2.05) is 35.2 Å². The van der Waals surface area contributed by atoms with Crippen molar-refractivity contribution in [2.24, 2.45) is 0 Å². The Morgan fingerprint density at radius 1 is 1.13 bits per heavy atom. The van der Waals surface area contributed by atoms with Gasteiger partial charge in [-0.15, -0.1) is 0 Å². The number of aromatic nitrogens is 2. The van der Waals surface area contributed by atoms with Crippen LogP contribution in [0, 0.1) is 5.82 Å². The first-order valence-corrected chi connectivity index (χ1v) is 10.5. The highest BCUT2D eigenvalue weighted by atomic mass is 19.1. The molecule has 0 spiro atoms. The highest BCUT2D eigenvalue weighted by molar-refractivity contribution is 5.85. The Morgan fingerprint density at radius 3 is 2.93 bits per heavy atom. The molecule has 2 aromatic carbocycles. The fraction of sp³-hybridized carbons (Fsp3) is 0.333. The highest BCUT2D eigenvalue weighted by Crippen LogP contribution is 2.38. The van der Waals surface area contributed by atoms with Gasteiger partial charge in [0, 0.05) is 17.7 Å². The number of hydrogen-bond donors (Lipinski definition) is 1. The number of nitrogens with one attached hydrogen (secondary N) is 1. The molecule has 1 fully saturated rings.